The number of rotatable bonds is 4. The molecule has 0 fully saturated rings. The van der Waals surface area contributed by atoms with Gasteiger partial charge in [-0.3, -0.25) is 9.59 Å². The van der Waals surface area contributed by atoms with Gasteiger partial charge in [-0.15, -0.1) is 6.58 Å². The van der Waals surface area contributed by atoms with Gasteiger partial charge in [0.2, 0.25) is 0 Å². The lowest BCUT2D eigenvalue weighted by atomic mass is 10.1. The zero-order valence-corrected chi connectivity index (χ0v) is 10.00. The number of aromatic carboxylic acids is 1. The number of carbonyl (C=O) groups excluding carboxylic acids is 2. The van der Waals surface area contributed by atoms with Crippen molar-refractivity contribution in [2.24, 2.45) is 0 Å². The molecule has 0 spiro atoms. The van der Waals surface area contributed by atoms with E-state index in [9.17, 15) is 19.5 Å². The Balaban J connectivity index is 2.51. The van der Waals surface area contributed by atoms with Crippen LogP contribution in [0.25, 0.3) is 0 Å². The number of carboxylic acid groups (broad SMARTS) is 1. The second-order valence-electron chi connectivity index (χ2n) is 3.99. The van der Waals surface area contributed by atoms with Gasteiger partial charge >= 0.3 is 5.97 Å². The van der Waals surface area contributed by atoms with E-state index >= 15 is 0 Å². The number of amides is 2. The van der Waals surface area contributed by atoms with Crippen molar-refractivity contribution in [1.29, 1.82) is 0 Å². The fraction of sp³-hybridized carbons (Fsp3) is 0.0714. The Labute approximate surface area is 109 Å². The molecule has 0 unspecified atom stereocenters. The molecule has 0 atom stereocenters. The normalized spacial score (nSPS) is 14.0. The van der Waals surface area contributed by atoms with Gasteiger partial charge in [-0.05, 0) is 24.1 Å². The summed E-state index contributed by atoms with van der Waals surface area (Å²) in [6.07, 6.45) is 4.40. The number of anilines is 1. The second-order valence-corrected chi connectivity index (χ2v) is 3.99. The number of imide groups is 1. The fourth-order valence-electron chi connectivity index (χ4n) is 1.88. The van der Waals surface area contributed by atoms with Crippen LogP contribution in [0.3, 0.4) is 0 Å². The van der Waals surface area contributed by atoms with Crippen molar-refractivity contribution in [3.8, 4) is 0 Å². The Hall–Kier alpha value is -2.69. The van der Waals surface area contributed by atoms with Crippen LogP contribution in [0, 0.1) is 0 Å². The Bertz CT molecular complexity index is 598. The molecule has 2 rings (SSSR count). The van der Waals surface area contributed by atoms with E-state index in [-0.39, 0.29) is 11.3 Å². The molecule has 0 radical (unpaired) electrons. The van der Waals surface area contributed by atoms with Gasteiger partial charge in [0.25, 0.3) is 11.8 Å². The number of hydrogen-bond acceptors (Lipinski definition) is 3. The van der Waals surface area contributed by atoms with Crippen molar-refractivity contribution in [2.75, 3.05) is 4.90 Å². The minimum absolute atomic E-state index is 0.0789. The largest absolute Gasteiger partial charge is 0.478 e. The molecule has 96 valence electrons. The molecule has 1 aromatic carbocycles. The van der Waals surface area contributed by atoms with E-state index in [1.165, 1.54) is 12.1 Å². The van der Waals surface area contributed by atoms with Crippen LogP contribution in [0.1, 0.15) is 15.9 Å². The van der Waals surface area contributed by atoms with Crippen molar-refractivity contribution >= 4 is 23.5 Å². The zero-order valence-electron chi connectivity index (χ0n) is 10.00. The third kappa shape index (κ3) is 2.30. The highest BCUT2D eigenvalue weighted by Gasteiger charge is 2.28. The predicted octanol–water partition coefficient (Wildman–Crippen LogP) is 1.54. The van der Waals surface area contributed by atoms with E-state index in [1.54, 1.807) is 12.1 Å². The molecule has 1 N–H and O–H groups in total. The van der Waals surface area contributed by atoms with Gasteiger partial charge in [0.15, 0.2) is 0 Å². The maximum atomic E-state index is 11.6. The molecular weight excluding hydrogens is 246 g/mol. The van der Waals surface area contributed by atoms with E-state index in [0.29, 0.717) is 6.42 Å². The van der Waals surface area contributed by atoms with Gasteiger partial charge in [0, 0.05) is 12.2 Å². The lowest BCUT2D eigenvalue weighted by molar-refractivity contribution is -0.119. The quantitative estimate of drug-likeness (QED) is 0.655. The predicted molar refractivity (Wildman–Crippen MR) is 68.9 cm³/mol. The second kappa shape index (κ2) is 4.89. The number of carboxylic acids is 1. The number of hydrogen-bond donors (Lipinski definition) is 1. The van der Waals surface area contributed by atoms with Crippen LogP contribution in [-0.2, 0) is 16.0 Å². The molecule has 0 saturated heterocycles. The van der Waals surface area contributed by atoms with Gasteiger partial charge in [0.05, 0.1) is 11.3 Å². The maximum absolute atomic E-state index is 11.6. The molecule has 5 nitrogen and oxygen atoms in total. The molecule has 1 heterocycles. The minimum atomic E-state index is -1.19. The van der Waals surface area contributed by atoms with Crippen molar-refractivity contribution in [3.63, 3.8) is 0 Å². The van der Waals surface area contributed by atoms with E-state index in [1.807, 2.05) is 0 Å². The monoisotopic (exact) mass is 257 g/mol. The Morgan fingerprint density at radius 1 is 1.26 bits per heavy atom. The Morgan fingerprint density at radius 3 is 2.42 bits per heavy atom. The van der Waals surface area contributed by atoms with Crippen molar-refractivity contribution in [3.05, 3.63) is 54.1 Å². The van der Waals surface area contributed by atoms with Crippen LogP contribution < -0.4 is 4.90 Å². The molecule has 19 heavy (non-hydrogen) atoms. The van der Waals surface area contributed by atoms with Gasteiger partial charge < -0.3 is 5.11 Å². The summed E-state index contributed by atoms with van der Waals surface area (Å²) in [5, 5.41) is 9.20. The highest BCUT2D eigenvalue weighted by Crippen LogP contribution is 2.25. The van der Waals surface area contributed by atoms with E-state index in [2.05, 4.69) is 6.58 Å². The zero-order chi connectivity index (χ0) is 14.0. The molecule has 1 aliphatic heterocycles. The van der Waals surface area contributed by atoms with Gasteiger partial charge in [-0.25, -0.2) is 9.69 Å². The first-order chi connectivity index (χ1) is 9.04. The topological polar surface area (TPSA) is 74.7 Å². The summed E-state index contributed by atoms with van der Waals surface area (Å²) in [7, 11) is 0. The summed E-state index contributed by atoms with van der Waals surface area (Å²) in [4.78, 5) is 35.3. The summed E-state index contributed by atoms with van der Waals surface area (Å²) >= 11 is 0. The van der Waals surface area contributed by atoms with Crippen LogP contribution in [0.4, 0.5) is 5.69 Å². The number of nitrogens with zero attached hydrogens (tertiary/aromatic N) is 1. The average Bonchev–Trinajstić information content (AvgIpc) is 2.70. The van der Waals surface area contributed by atoms with Crippen LogP contribution in [-0.4, -0.2) is 22.9 Å². The highest BCUT2D eigenvalue weighted by molar-refractivity contribution is 6.29. The first-order valence-corrected chi connectivity index (χ1v) is 5.58. The van der Waals surface area contributed by atoms with Crippen molar-refractivity contribution < 1.29 is 19.5 Å². The molecule has 0 aliphatic carbocycles. The summed E-state index contributed by atoms with van der Waals surface area (Å²) in [5.74, 6) is -2.26. The van der Waals surface area contributed by atoms with Crippen LogP contribution in [0.15, 0.2) is 43.0 Å². The van der Waals surface area contributed by atoms with Crippen molar-refractivity contribution in [2.45, 2.75) is 6.42 Å². The van der Waals surface area contributed by atoms with Crippen LogP contribution in [0.5, 0.6) is 0 Å². The fourth-order valence-corrected chi connectivity index (χ4v) is 1.88. The van der Waals surface area contributed by atoms with Gasteiger partial charge in [-0.2, -0.15) is 0 Å². The average molecular weight is 257 g/mol. The summed E-state index contributed by atoms with van der Waals surface area (Å²) in [6, 6.07) is 4.58. The minimum Gasteiger partial charge on any atom is -0.478 e. The Kier molecular flexibility index (Phi) is 3.29. The Morgan fingerprint density at radius 2 is 1.89 bits per heavy atom. The first kappa shape index (κ1) is 12.8. The van der Waals surface area contributed by atoms with Crippen LogP contribution in [0.2, 0.25) is 0 Å². The number of allylic oxidation sites excluding steroid dienone is 1. The smallest absolute Gasteiger partial charge is 0.337 e. The lowest BCUT2D eigenvalue weighted by Crippen LogP contribution is -2.31. The van der Waals surface area contributed by atoms with E-state index in [0.717, 1.165) is 22.6 Å². The van der Waals surface area contributed by atoms with E-state index in [4.69, 9.17) is 0 Å². The molecule has 0 bridgehead atoms. The van der Waals surface area contributed by atoms with E-state index < -0.39 is 17.8 Å². The van der Waals surface area contributed by atoms with Gasteiger partial charge in [-0.1, -0.05) is 12.1 Å². The summed E-state index contributed by atoms with van der Waals surface area (Å²) in [6.45, 7) is 3.58. The number of benzene rings is 1. The summed E-state index contributed by atoms with van der Waals surface area (Å²) in [5.41, 5.74) is 0.758. The number of carbonyl (C=O) groups is 3. The third-order valence-electron chi connectivity index (χ3n) is 2.72. The molecule has 1 aliphatic rings. The van der Waals surface area contributed by atoms with Gasteiger partial charge in [0.1, 0.15) is 0 Å². The molecule has 0 aromatic heterocycles. The molecule has 1 aromatic rings. The molecule has 0 saturated carbocycles. The highest BCUT2D eigenvalue weighted by atomic mass is 16.4. The first-order valence-electron chi connectivity index (χ1n) is 5.58. The lowest BCUT2D eigenvalue weighted by Gasteiger charge is -2.17. The molecule has 5 heteroatoms. The van der Waals surface area contributed by atoms with Crippen LogP contribution >= 0.6 is 0 Å². The summed E-state index contributed by atoms with van der Waals surface area (Å²) < 4.78 is 0. The molecule has 2 amide bonds. The maximum Gasteiger partial charge on any atom is 0.337 e. The molecular formula is C14H11NO4. The SMILES string of the molecule is C=CCc1ccc(N2C(=O)C=CC2=O)c(C(=O)O)c1. The van der Waals surface area contributed by atoms with Crippen molar-refractivity contribution in [1.82, 2.24) is 0 Å². The third-order valence-corrected chi connectivity index (χ3v) is 2.72. The standard InChI is InChI=1S/C14H11NO4/c1-2-3-9-4-5-11(10(8-9)14(18)19)15-12(16)6-7-13(15)17/h2,4-8H,1,3H2,(H,18,19).